The van der Waals surface area contributed by atoms with Crippen LogP contribution in [0.3, 0.4) is 0 Å². The molecule has 0 fully saturated rings. The molecule has 0 bridgehead atoms. The number of H-pyrrole nitrogens is 2. The predicted molar refractivity (Wildman–Crippen MR) is 201 cm³/mol. The molecule has 242 valence electrons. The highest BCUT2D eigenvalue weighted by molar-refractivity contribution is 7.16. The fourth-order valence-corrected chi connectivity index (χ4v) is 5.69. The number of nitrogens with zero attached hydrogens (tertiary/aromatic N) is 7. The van der Waals surface area contributed by atoms with E-state index in [9.17, 15) is 0 Å². The molecule has 11 rings (SSSR count). The lowest BCUT2D eigenvalue weighted by molar-refractivity contribution is 0.602. The number of oxazole rings is 1. The molecule has 5 aromatic carbocycles. The molecule has 0 aliphatic heterocycles. The van der Waals surface area contributed by atoms with Gasteiger partial charge in [0.05, 0.1) is 39.3 Å². The zero-order chi connectivity index (χ0) is 33.8. The lowest BCUT2D eigenvalue weighted by Crippen LogP contribution is -1.85. The van der Waals surface area contributed by atoms with E-state index >= 15 is 0 Å². The Bertz CT molecular complexity index is 2350. The van der Waals surface area contributed by atoms with Crippen LogP contribution >= 0.6 is 11.3 Å². The molecule has 2 N–H and O–H groups in total. The molecule has 0 amide bonds. The number of aromatic nitrogens is 9. The number of fused-ring (bicyclic) bond motifs is 7. The molecule has 6 aromatic heterocycles. The molecule has 50 heavy (non-hydrogen) atoms. The number of nitrogens with one attached hydrogen (secondary N) is 2. The molecule has 0 aliphatic rings. The summed E-state index contributed by atoms with van der Waals surface area (Å²) in [4.78, 5) is 34.2. The van der Waals surface area contributed by atoms with Crippen LogP contribution < -0.4 is 0 Å². The summed E-state index contributed by atoms with van der Waals surface area (Å²) in [6, 6.07) is 40.5. The van der Waals surface area contributed by atoms with Crippen LogP contribution in [-0.4, -0.2) is 44.9 Å². The summed E-state index contributed by atoms with van der Waals surface area (Å²) >= 11 is 1.68. The first-order valence-corrected chi connectivity index (χ1v) is 16.5. The molecular weight excluding hydrogens is 643 g/mol. The molecule has 6 heterocycles. The van der Waals surface area contributed by atoms with E-state index in [1.54, 1.807) is 36.3 Å². The van der Waals surface area contributed by atoms with Gasteiger partial charge < -0.3 is 14.4 Å². The number of hydrogen-bond donors (Lipinski definition) is 2. The van der Waals surface area contributed by atoms with Crippen molar-refractivity contribution >= 4 is 76.7 Å². The molecular formula is C39H29N9OS. The van der Waals surface area contributed by atoms with Crippen molar-refractivity contribution in [2.75, 3.05) is 0 Å². The maximum absolute atomic E-state index is 5.01. The summed E-state index contributed by atoms with van der Waals surface area (Å²) in [5.41, 5.74) is 10.6. The maximum Gasteiger partial charge on any atom is 0.181 e. The van der Waals surface area contributed by atoms with E-state index in [2.05, 4.69) is 99.5 Å². The van der Waals surface area contributed by atoms with E-state index in [4.69, 9.17) is 4.42 Å². The summed E-state index contributed by atoms with van der Waals surface area (Å²) in [6.07, 6.45) is 9.46. The summed E-state index contributed by atoms with van der Waals surface area (Å²) in [5, 5.41) is 2.61. The highest BCUT2D eigenvalue weighted by Crippen LogP contribution is 2.24. The van der Waals surface area contributed by atoms with Gasteiger partial charge in [-0.05, 0) is 48.5 Å². The standard InChI is InChI=1S/C12H9N.C7H6N2.C7H5NO.C7H5NS.C6H4N4/c1-3-7-11-9(5-1)10-6-2-4-8-12(10)13-11;3*1-2-4-7-6(3-1)8-5-9-7;1-2-9-6-5(8-1)3-7-4-10-6/h1-8,13H;1-5H,(H,8,9);2*1-5H;1-4H. The Morgan fingerprint density at radius 3 is 1.92 bits per heavy atom. The van der Waals surface area contributed by atoms with Gasteiger partial charge in [0.15, 0.2) is 17.6 Å². The van der Waals surface area contributed by atoms with Crippen molar-refractivity contribution in [1.82, 2.24) is 44.9 Å². The molecule has 0 atom stereocenters. The number of imidazole rings is 1. The van der Waals surface area contributed by atoms with Crippen LogP contribution in [0, 0.1) is 0 Å². The Morgan fingerprint density at radius 1 is 0.520 bits per heavy atom. The number of hydrogen-bond acceptors (Lipinski definition) is 9. The van der Waals surface area contributed by atoms with E-state index in [-0.39, 0.29) is 0 Å². The van der Waals surface area contributed by atoms with Crippen molar-refractivity contribution in [3.05, 3.63) is 164 Å². The van der Waals surface area contributed by atoms with Gasteiger partial charge in [0.1, 0.15) is 17.4 Å². The first kappa shape index (κ1) is 31.7. The van der Waals surface area contributed by atoms with Crippen molar-refractivity contribution < 1.29 is 4.42 Å². The van der Waals surface area contributed by atoms with Gasteiger partial charge in [-0.1, -0.05) is 72.8 Å². The van der Waals surface area contributed by atoms with E-state index in [0.29, 0.717) is 5.65 Å². The van der Waals surface area contributed by atoms with Gasteiger partial charge in [0.25, 0.3) is 0 Å². The van der Waals surface area contributed by atoms with Gasteiger partial charge in [-0.25, -0.2) is 34.9 Å². The summed E-state index contributed by atoms with van der Waals surface area (Å²) < 4.78 is 6.27. The van der Waals surface area contributed by atoms with Crippen LogP contribution in [0.25, 0.3) is 65.3 Å². The lowest BCUT2D eigenvalue weighted by Gasteiger charge is -1.89. The molecule has 0 saturated carbocycles. The SMILES string of the molecule is c1ccc2[nH]cnc2c1.c1ccc2c(c1)[nH]c1ccccc12.c1ccc2ocnc2c1.c1ccc2scnc2c1.c1cnc2ncncc2n1. The van der Waals surface area contributed by atoms with E-state index in [1.807, 2.05) is 72.2 Å². The monoisotopic (exact) mass is 671 g/mol. The molecule has 0 spiro atoms. The zero-order valence-corrected chi connectivity index (χ0v) is 27.4. The number of rotatable bonds is 0. The van der Waals surface area contributed by atoms with Crippen molar-refractivity contribution in [2.24, 2.45) is 0 Å². The Kier molecular flexibility index (Phi) is 10.0. The average molecular weight is 672 g/mol. The highest BCUT2D eigenvalue weighted by atomic mass is 32.1. The number of aromatic amines is 2. The zero-order valence-electron chi connectivity index (χ0n) is 26.5. The molecule has 0 unspecified atom stereocenters. The van der Waals surface area contributed by atoms with Crippen molar-refractivity contribution in [2.45, 2.75) is 0 Å². The van der Waals surface area contributed by atoms with Crippen LogP contribution in [0.15, 0.2) is 169 Å². The third-order valence-electron chi connectivity index (χ3n) is 7.36. The van der Waals surface area contributed by atoms with Crippen LogP contribution in [0.4, 0.5) is 0 Å². The number of para-hydroxylation sites is 7. The Balaban J connectivity index is 0.0000000988. The Morgan fingerprint density at radius 2 is 1.18 bits per heavy atom. The molecule has 10 nitrogen and oxygen atoms in total. The second-order valence-electron chi connectivity index (χ2n) is 10.6. The summed E-state index contributed by atoms with van der Waals surface area (Å²) in [7, 11) is 0. The topological polar surface area (TPSA) is 135 Å². The highest BCUT2D eigenvalue weighted by Gasteiger charge is 2.00. The van der Waals surface area contributed by atoms with E-state index < -0.39 is 0 Å². The largest absolute Gasteiger partial charge is 0.443 e. The van der Waals surface area contributed by atoms with Gasteiger partial charge in [-0.15, -0.1) is 11.3 Å². The third-order valence-corrected chi connectivity index (χ3v) is 8.17. The summed E-state index contributed by atoms with van der Waals surface area (Å²) in [6.45, 7) is 0. The minimum Gasteiger partial charge on any atom is -0.443 e. The maximum atomic E-state index is 5.01. The fourth-order valence-electron chi connectivity index (χ4n) is 5.01. The van der Waals surface area contributed by atoms with Gasteiger partial charge >= 0.3 is 0 Å². The van der Waals surface area contributed by atoms with Crippen LogP contribution in [0.1, 0.15) is 0 Å². The smallest absolute Gasteiger partial charge is 0.181 e. The van der Waals surface area contributed by atoms with Crippen LogP contribution in [-0.2, 0) is 0 Å². The third kappa shape index (κ3) is 7.81. The summed E-state index contributed by atoms with van der Waals surface area (Å²) in [5.74, 6) is 0. The average Bonchev–Trinajstić information content (AvgIpc) is 4.02. The normalized spacial score (nSPS) is 10.4. The second kappa shape index (κ2) is 15.8. The van der Waals surface area contributed by atoms with E-state index in [1.165, 1.54) is 39.2 Å². The number of thiazole rings is 1. The van der Waals surface area contributed by atoms with Crippen molar-refractivity contribution in [3.8, 4) is 0 Å². The van der Waals surface area contributed by atoms with Gasteiger partial charge in [-0.2, -0.15) is 0 Å². The lowest BCUT2D eigenvalue weighted by atomic mass is 10.2. The molecule has 0 radical (unpaired) electrons. The van der Waals surface area contributed by atoms with E-state index in [0.717, 1.165) is 33.2 Å². The van der Waals surface area contributed by atoms with Crippen molar-refractivity contribution in [3.63, 3.8) is 0 Å². The van der Waals surface area contributed by atoms with Gasteiger partial charge in [-0.3, -0.25) is 0 Å². The Hall–Kier alpha value is -6.85. The minimum absolute atomic E-state index is 0.637. The fraction of sp³-hybridized carbons (Fsp3) is 0. The van der Waals surface area contributed by atoms with Crippen LogP contribution in [0.2, 0.25) is 0 Å². The van der Waals surface area contributed by atoms with Crippen molar-refractivity contribution in [1.29, 1.82) is 0 Å². The Labute approximate surface area is 289 Å². The molecule has 11 aromatic rings. The second-order valence-corrected chi connectivity index (χ2v) is 11.5. The first-order valence-electron chi connectivity index (χ1n) is 15.6. The minimum atomic E-state index is 0.637. The number of benzene rings is 5. The van der Waals surface area contributed by atoms with Crippen LogP contribution in [0.5, 0.6) is 0 Å². The molecule has 0 saturated heterocycles. The molecule has 11 heteroatoms. The van der Waals surface area contributed by atoms with Gasteiger partial charge in [0, 0.05) is 34.2 Å². The first-order chi connectivity index (χ1) is 24.8. The quantitative estimate of drug-likeness (QED) is 0.163. The predicted octanol–water partition coefficient (Wildman–Crippen LogP) is 9.43. The molecule has 0 aliphatic carbocycles. The van der Waals surface area contributed by atoms with Gasteiger partial charge in [0.2, 0.25) is 0 Å².